The zero-order valence-electron chi connectivity index (χ0n) is 16.1. The Bertz CT molecular complexity index is 714. The zero-order valence-corrected chi connectivity index (χ0v) is 16.1. The van der Waals surface area contributed by atoms with Crippen LogP contribution in [-0.2, 0) is 20.7 Å². The van der Waals surface area contributed by atoms with E-state index in [1.165, 1.54) is 18.2 Å². The van der Waals surface area contributed by atoms with Crippen LogP contribution in [0.15, 0.2) is 18.2 Å². The molecule has 0 saturated carbocycles. The summed E-state index contributed by atoms with van der Waals surface area (Å²) in [4.78, 5) is 23.8. The molecule has 6 heteroatoms. The van der Waals surface area contributed by atoms with Gasteiger partial charge in [0.15, 0.2) is 5.60 Å². The lowest BCUT2D eigenvalue weighted by molar-refractivity contribution is -0.153. The van der Waals surface area contributed by atoms with E-state index in [0.29, 0.717) is 5.56 Å². The van der Waals surface area contributed by atoms with Gasteiger partial charge < -0.3 is 14.8 Å². The van der Waals surface area contributed by atoms with Crippen molar-refractivity contribution in [1.82, 2.24) is 5.32 Å². The molecule has 0 heterocycles. The SMILES string of the molecule is C#CC(C)(C)OC(=O)NC(C)c1cc(CC(=O)OC(C)(C)C)ccc1F. The summed E-state index contributed by atoms with van der Waals surface area (Å²) in [6.07, 6.45) is 4.53. The number of amides is 1. The molecule has 1 amide bonds. The van der Waals surface area contributed by atoms with Gasteiger partial charge in [-0.15, -0.1) is 6.42 Å². The molecule has 1 aromatic carbocycles. The summed E-state index contributed by atoms with van der Waals surface area (Å²) in [6, 6.07) is 3.62. The van der Waals surface area contributed by atoms with Crippen LogP contribution in [0.1, 0.15) is 58.7 Å². The van der Waals surface area contributed by atoms with Gasteiger partial charge in [0.1, 0.15) is 11.4 Å². The number of alkyl carbamates (subject to hydrolysis) is 1. The Labute approximate surface area is 154 Å². The summed E-state index contributed by atoms with van der Waals surface area (Å²) in [5.74, 6) is 1.43. The van der Waals surface area contributed by atoms with Gasteiger partial charge in [0.05, 0.1) is 12.5 Å². The third kappa shape index (κ3) is 7.14. The Balaban J connectivity index is 2.85. The molecule has 5 nitrogen and oxygen atoms in total. The number of halogens is 1. The maximum absolute atomic E-state index is 14.1. The molecule has 1 rings (SSSR count). The molecular weight excluding hydrogens is 337 g/mol. The van der Waals surface area contributed by atoms with Crippen molar-refractivity contribution in [3.63, 3.8) is 0 Å². The van der Waals surface area contributed by atoms with Crippen molar-refractivity contribution < 1.29 is 23.5 Å². The van der Waals surface area contributed by atoms with Gasteiger partial charge >= 0.3 is 12.1 Å². The Morgan fingerprint density at radius 1 is 1.23 bits per heavy atom. The van der Waals surface area contributed by atoms with E-state index < -0.39 is 35.1 Å². The summed E-state index contributed by atoms with van der Waals surface area (Å²) in [5.41, 5.74) is -0.841. The topological polar surface area (TPSA) is 64.6 Å². The van der Waals surface area contributed by atoms with Gasteiger partial charge in [-0.3, -0.25) is 4.79 Å². The Morgan fingerprint density at radius 2 is 1.85 bits per heavy atom. The molecule has 26 heavy (non-hydrogen) atoms. The van der Waals surface area contributed by atoms with Crippen molar-refractivity contribution in [2.24, 2.45) is 0 Å². The first-order valence-corrected chi connectivity index (χ1v) is 8.30. The van der Waals surface area contributed by atoms with Gasteiger partial charge in [0, 0.05) is 5.56 Å². The first-order valence-electron chi connectivity index (χ1n) is 8.30. The minimum atomic E-state index is -1.07. The van der Waals surface area contributed by atoms with Crippen molar-refractivity contribution in [1.29, 1.82) is 0 Å². The lowest BCUT2D eigenvalue weighted by Gasteiger charge is -2.22. The first kappa shape index (κ1) is 21.5. The molecule has 142 valence electrons. The van der Waals surface area contributed by atoms with Gasteiger partial charge in [-0.25, -0.2) is 9.18 Å². The molecule has 0 bridgehead atoms. The van der Waals surface area contributed by atoms with E-state index in [1.807, 2.05) is 0 Å². The van der Waals surface area contributed by atoms with E-state index in [2.05, 4.69) is 11.2 Å². The van der Waals surface area contributed by atoms with Crippen LogP contribution in [-0.4, -0.2) is 23.3 Å². The number of terminal acetylenes is 1. The summed E-state index contributed by atoms with van der Waals surface area (Å²) in [7, 11) is 0. The number of carbonyl (C=O) groups excluding carboxylic acids is 2. The molecule has 1 N–H and O–H groups in total. The Kier molecular flexibility index (Phi) is 6.79. The van der Waals surface area contributed by atoms with Crippen molar-refractivity contribution in [2.45, 2.75) is 65.2 Å². The number of hydrogen-bond donors (Lipinski definition) is 1. The minimum Gasteiger partial charge on any atom is -0.460 e. The molecule has 0 radical (unpaired) electrons. The predicted molar refractivity (Wildman–Crippen MR) is 96.9 cm³/mol. The van der Waals surface area contributed by atoms with Crippen molar-refractivity contribution in [2.75, 3.05) is 0 Å². The number of esters is 1. The van der Waals surface area contributed by atoms with Crippen LogP contribution in [0.25, 0.3) is 0 Å². The van der Waals surface area contributed by atoms with Crippen molar-refractivity contribution >= 4 is 12.1 Å². The molecule has 1 atom stereocenters. The highest BCUT2D eigenvalue weighted by molar-refractivity contribution is 5.73. The highest BCUT2D eigenvalue weighted by atomic mass is 19.1. The van der Waals surface area contributed by atoms with E-state index in [9.17, 15) is 14.0 Å². The van der Waals surface area contributed by atoms with E-state index in [4.69, 9.17) is 15.9 Å². The monoisotopic (exact) mass is 363 g/mol. The van der Waals surface area contributed by atoms with E-state index in [1.54, 1.807) is 41.5 Å². The van der Waals surface area contributed by atoms with E-state index >= 15 is 0 Å². The van der Waals surface area contributed by atoms with Crippen LogP contribution in [0.2, 0.25) is 0 Å². The largest absolute Gasteiger partial charge is 0.460 e. The maximum Gasteiger partial charge on any atom is 0.409 e. The number of ether oxygens (including phenoxy) is 2. The van der Waals surface area contributed by atoms with E-state index in [0.717, 1.165) is 0 Å². The molecular formula is C20H26FNO4. The fraction of sp³-hybridized carbons (Fsp3) is 0.500. The lowest BCUT2D eigenvalue weighted by atomic mass is 10.0. The number of hydrogen-bond acceptors (Lipinski definition) is 4. The Morgan fingerprint density at radius 3 is 2.38 bits per heavy atom. The standard InChI is InChI=1S/C20H26FNO4/c1-8-20(6,7)26-18(24)22-13(2)15-11-14(9-10-16(15)21)12-17(23)25-19(3,4)5/h1,9-11,13H,12H2,2-7H3,(H,22,24). The predicted octanol–water partition coefficient (Wildman–Crippen LogP) is 3.91. The average Bonchev–Trinajstić information content (AvgIpc) is 2.46. The lowest BCUT2D eigenvalue weighted by Crippen LogP contribution is -2.35. The summed E-state index contributed by atoms with van der Waals surface area (Å²) >= 11 is 0. The average molecular weight is 363 g/mol. The molecule has 0 saturated heterocycles. The third-order valence-electron chi connectivity index (χ3n) is 3.33. The molecule has 0 aliphatic rings. The third-order valence-corrected chi connectivity index (χ3v) is 3.33. The highest BCUT2D eigenvalue weighted by Gasteiger charge is 2.23. The second-order valence-corrected chi connectivity index (χ2v) is 7.53. The molecule has 0 aromatic heterocycles. The van der Waals surface area contributed by atoms with Gasteiger partial charge in [-0.2, -0.15) is 0 Å². The van der Waals surface area contributed by atoms with Crippen LogP contribution < -0.4 is 5.32 Å². The highest BCUT2D eigenvalue weighted by Crippen LogP contribution is 2.20. The minimum absolute atomic E-state index is 0.00579. The molecule has 0 spiro atoms. The number of nitrogens with one attached hydrogen (secondary N) is 1. The van der Waals surface area contributed by atoms with Gasteiger partial charge in [-0.1, -0.05) is 18.1 Å². The molecule has 0 aliphatic heterocycles. The fourth-order valence-corrected chi connectivity index (χ4v) is 2.12. The summed E-state index contributed by atoms with van der Waals surface area (Å²) in [5, 5.41) is 2.53. The van der Waals surface area contributed by atoms with Crippen LogP contribution >= 0.6 is 0 Å². The second-order valence-electron chi connectivity index (χ2n) is 7.53. The van der Waals surface area contributed by atoms with Crippen molar-refractivity contribution in [3.8, 4) is 12.3 Å². The number of carbonyl (C=O) groups is 2. The quantitative estimate of drug-likeness (QED) is 0.636. The first-order chi connectivity index (χ1) is 11.8. The molecule has 1 unspecified atom stereocenters. The van der Waals surface area contributed by atoms with Crippen LogP contribution in [0, 0.1) is 18.2 Å². The van der Waals surface area contributed by atoms with Crippen LogP contribution in [0.5, 0.6) is 0 Å². The van der Waals surface area contributed by atoms with Crippen LogP contribution in [0.4, 0.5) is 9.18 Å². The van der Waals surface area contributed by atoms with Gasteiger partial charge in [0.2, 0.25) is 0 Å². The summed E-state index contributed by atoms with van der Waals surface area (Å²) < 4.78 is 24.5. The molecule has 1 aromatic rings. The molecule has 0 aliphatic carbocycles. The van der Waals surface area contributed by atoms with E-state index in [-0.39, 0.29) is 12.0 Å². The fourth-order valence-electron chi connectivity index (χ4n) is 2.12. The smallest absolute Gasteiger partial charge is 0.409 e. The normalized spacial score (nSPS) is 12.7. The number of benzene rings is 1. The summed E-state index contributed by atoms with van der Waals surface area (Å²) in [6.45, 7) is 10.1. The second kappa shape index (κ2) is 8.22. The Hall–Kier alpha value is -2.55. The number of rotatable bonds is 5. The van der Waals surface area contributed by atoms with Crippen molar-refractivity contribution in [3.05, 3.63) is 35.1 Å². The maximum atomic E-state index is 14.1. The van der Waals surface area contributed by atoms with Gasteiger partial charge in [-0.05, 0) is 53.2 Å². The van der Waals surface area contributed by atoms with Gasteiger partial charge in [0.25, 0.3) is 0 Å². The van der Waals surface area contributed by atoms with Crippen LogP contribution in [0.3, 0.4) is 0 Å². The molecule has 0 fully saturated rings. The zero-order chi connectivity index (χ0) is 20.1.